The van der Waals surface area contributed by atoms with Gasteiger partial charge in [0.1, 0.15) is 0 Å². The number of guanidine groups is 1. The summed E-state index contributed by atoms with van der Waals surface area (Å²) in [6.07, 6.45) is 3.05. The van der Waals surface area contributed by atoms with Crippen molar-refractivity contribution in [2.75, 3.05) is 56.5 Å². The summed E-state index contributed by atoms with van der Waals surface area (Å²) in [5.74, 6) is -0.145. The zero-order valence-corrected chi connectivity index (χ0v) is 19.0. The van der Waals surface area contributed by atoms with Gasteiger partial charge >= 0.3 is 0 Å². The average molecular weight is 461 g/mol. The molecular weight excluding hydrogens is 432 g/mol. The number of piperidine rings is 1. The molecule has 1 aromatic rings. The summed E-state index contributed by atoms with van der Waals surface area (Å²) in [6.45, 7) is 3.10. The van der Waals surface area contributed by atoms with Crippen LogP contribution in [0.15, 0.2) is 23.2 Å². The number of carbonyl (C=O) groups excluding carboxylic acids is 2. The molecule has 1 aromatic carbocycles. The lowest BCUT2D eigenvalue weighted by Gasteiger charge is -2.34. The summed E-state index contributed by atoms with van der Waals surface area (Å²) >= 11 is 0. The first-order valence-corrected chi connectivity index (χ1v) is 12.6. The number of anilines is 2. The Kier molecular flexibility index (Phi) is 5.42. The smallest absolute Gasteiger partial charge is 0.281 e. The minimum Gasteiger partial charge on any atom is -0.326 e. The van der Waals surface area contributed by atoms with Gasteiger partial charge in [-0.2, -0.15) is 17.0 Å². The Morgan fingerprint density at radius 2 is 1.84 bits per heavy atom. The van der Waals surface area contributed by atoms with Crippen LogP contribution in [0.3, 0.4) is 0 Å². The maximum Gasteiger partial charge on any atom is 0.281 e. The van der Waals surface area contributed by atoms with Gasteiger partial charge in [0, 0.05) is 45.5 Å². The van der Waals surface area contributed by atoms with Crippen LogP contribution in [0.1, 0.15) is 36.0 Å². The molecule has 172 valence electrons. The first kappa shape index (κ1) is 21.4. The summed E-state index contributed by atoms with van der Waals surface area (Å²) in [6, 6.07) is 5.32. The van der Waals surface area contributed by atoms with E-state index in [1.165, 1.54) is 13.5 Å². The van der Waals surface area contributed by atoms with Crippen LogP contribution in [0.25, 0.3) is 0 Å². The molecule has 2 amide bonds. The third kappa shape index (κ3) is 3.57. The normalized spacial score (nSPS) is 24.3. The van der Waals surface area contributed by atoms with Crippen molar-refractivity contribution in [1.82, 2.24) is 13.5 Å². The van der Waals surface area contributed by atoms with Gasteiger partial charge in [-0.1, -0.05) is 0 Å². The third-order valence-corrected chi connectivity index (χ3v) is 8.68. The van der Waals surface area contributed by atoms with E-state index >= 15 is 0 Å². The number of hydrogen-bond acceptors (Lipinski definition) is 6. The van der Waals surface area contributed by atoms with Gasteiger partial charge in [-0.15, -0.1) is 0 Å². The number of fused-ring (bicyclic) bond motifs is 3. The van der Waals surface area contributed by atoms with Crippen molar-refractivity contribution in [2.45, 2.75) is 25.7 Å². The molecule has 2 saturated heterocycles. The lowest BCUT2D eigenvalue weighted by atomic mass is 9.98. The topological polar surface area (TPSA) is 106 Å². The van der Waals surface area contributed by atoms with Gasteiger partial charge in [-0.3, -0.25) is 19.5 Å². The number of rotatable bonds is 4. The first-order valence-electron chi connectivity index (χ1n) is 11.2. The largest absolute Gasteiger partial charge is 0.326 e. The quantitative estimate of drug-likeness (QED) is 0.720. The van der Waals surface area contributed by atoms with Crippen molar-refractivity contribution in [3.8, 4) is 0 Å². The van der Waals surface area contributed by atoms with Crippen molar-refractivity contribution >= 4 is 39.4 Å². The fourth-order valence-electron chi connectivity index (χ4n) is 4.94. The molecule has 0 aromatic heterocycles. The molecule has 1 unspecified atom stereocenters. The van der Waals surface area contributed by atoms with Crippen LogP contribution in [0.5, 0.6) is 0 Å². The highest BCUT2D eigenvalue weighted by atomic mass is 32.2. The maximum atomic E-state index is 13.0. The number of nitrogens with zero attached hydrogens (tertiary/aromatic N) is 5. The van der Waals surface area contributed by atoms with E-state index in [0.717, 1.165) is 25.1 Å². The zero-order valence-electron chi connectivity index (χ0n) is 18.2. The van der Waals surface area contributed by atoms with E-state index in [0.29, 0.717) is 56.2 Å². The molecule has 0 bridgehead atoms. The Labute approximate surface area is 188 Å². The Morgan fingerprint density at radius 3 is 2.62 bits per heavy atom. The molecule has 32 heavy (non-hydrogen) atoms. The summed E-state index contributed by atoms with van der Waals surface area (Å²) in [4.78, 5) is 33.7. The van der Waals surface area contributed by atoms with Gasteiger partial charge in [-0.05, 0) is 43.9 Å². The van der Waals surface area contributed by atoms with E-state index < -0.39 is 16.1 Å². The van der Waals surface area contributed by atoms with Crippen molar-refractivity contribution in [1.29, 1.82) is 0 Å². The molecule has 1 N–H and O–H groups in total. The number of aliphatic imine (C=N–C) groups is 1. The Bertz CT molecular complexity index is 1080. The van der Waals surface area contributed by atoms with Gasteiger partial charge in [0.05, 0.1) is 23.7 Å². The minimum absolute atomic E-state index is 0.159. The van der Waals surface area contributed by atoms with E-state index in [9.17, 15) is 18.0 Å². The molecule has 0 aliphatic carbocycles. The molecule has 10 nitrogen and oxygen atoms in total. The predicted octanol–water partition coefficient (Wildman–Crippen LogP) is 0.939. The van der Waals surface area contributed by atoms with Gasteiger partial charge in [0.25, 0.3) is 16.1 Å². The monoisotopic (exact) mass is 460 g/mol. The molecule has 4 heterocycles. The van der Waals surface area contributed by atoms with Crippen LogP contribution in [-0.2, 0) is 15.0 Å². The van der Waals surface area contributed by atoms with Crippen LogP contribution in [-0.4, -0.2) is 86.0 Å². The standard InChI is InChI=1S/C21H28N6O4S/c1-24-20(29)17-13-16(6-7-18(17)27-12-8-22-21(24)27)23-19(28)15-5-4-11-26(14-15)32(30,31)25-9-2-3-10-25/h6-7,13,15H,2-5,8-12,14H2,1H3,(H,23,28). The van der Waals surface area contributed by atoms with Crippen molar-refractivity contribution in [3.63, 3.8) is 0 Å². The average Bonchev–Trinajstić information content (AvgIpc) is 3.50. The summed E-state index contributed by atoms with van der Waals surface area (Å²) < 4.78 is 28.8. The molecule has 1 atom stereocenters. The Balaban J connectivity index is 1.30. The molecule has 0 radical (unpaired) electrons. The number of benzene rings is 1. The van der Waals surface area contributed by atoms with E-state index in [1.54, 1.807) is 19.2 Å². The fourth-order valence-corrected chi connectivity index (χ4v) is 6.71. The minimum atomic E-state index is -3.52. The van der Waals surface area contributed by atoms with Crippen LogP contribution in [0.4, 0.5) is 11.4 Å². The van der Waals surface area contributed by atoms with Gasteiger partial charge in [0.15, 0.2) is 0 Å². The predicted molar refractivity (Wildman–Crippen MR) is 121 cm³/mol. The van der Waals surface area contributed by atoms with Crippen LogP contribution >= 0.6 is 0 Å². The van der Waals surface area contributed by atoms with Crippen LogP contribution in [0, 0.1) is 5.92 Å². The van der Waals surface area contributed by atoms with Gasteiger partial charge in [0.2, 0.25) is 11.9 Å². The summed E-state index contributed by atoms with van der Waals surface area (Å²) in [5, 5.41) is 2.90. The number of carbonyl (C=O) groups is 2. The maximum absolute atomic E-state index is 13.0. The van der Waals surface area contributed by atoms with Crippen molar-refractivity contribution in [2.24, 2.45) is 10.9 Å². The molecule has 11 heteroatoms. The Hall–Kier alpha value is -2.50. The second-order valence-electron chi connectivity index (χ2n) is 8.73. The second kappa shape index (κ2) is 8.13. The van der Waals surface area contributed by atoms with E-state index in [2.05, 4.69) is 10.3 Å². The number of amides is 2. The van der Waals surface area contributed by atoms with Crippen LogP contribution in [0.2, 0.25) is 0 Å². The van der Waals surface area contributed by atoms with E-state index in [-0.39, 0.29) is 18.4 Å². The van der Waals surface area contributed by atoms with Gasteiger partial charge in [-0.25, -0.2) is 0 Å². The SMILES string of the molecule is CN1C(=O)c2cc(NC(=O)C3CCCN(S(=O)(=O)N4CCCC4)C3)ccc2N2CCN=C12. The molecule has 5 rings (SSSR count). The molecule has 0 spiro atoms. The highest BCUT2D eigenvalue weighted by Crippen LogP contribution is 2.32. The van der Waals surface area contributed by atoms with Crippen molar-refractivity contribution in [3.05, 3.63) is 23.8 Å². The first-order chi connectivity index (χ1) is 15.4. The molecule has 2 fully saturated rings. The van der Waals surface area contributed by atoms with E-state index in [4.69, 9.17) is 0 Å². The van der Waals surface area contributed by atoms with Crippen LogP contribution < -0.4 is 10.2 Å². The van der Waals surface area contributed by atoms with E-state index in [1.807, 2.05) is 11.0 Å². The lowest BCUT2D eigenvalue weighted by Crippen LogP contribution is -2.49. The summed E-state index contributed by atoms with van der Waals surface area (Å²) in [5.41, 5.74) is 1.85. The summed E-state index contributed by atoms with van der Waals surface area (Å²) in [7, 11) is -1.82. The highest BCUT2D eigenvalue weighted by molar-refractivity contribution is 7.86. The third-order valence-electron chi connectivity index (χ3n) is 6.68. The molecule has 4 aliphatic heterocycles. The second-order valence-corrected chi connectivity index (χ2v) is 10.7. The molecular formula is C21H28N6O4S. The number of nitrogens with one attached hydrogen (secondary N) is 1. The Morgan fingerprint density at radius 1 is 1.09 bits per heavy atom. The molecule has 0 saturated carbocycles. The molecule has 4 aliphatic rings. The fraction of sp³-hybridized carbons (Fsp3) is 0.571. The van der Waals surface area contributed by atoms with Gasteiger partial charge < -0.3 is 10.2 Å². The highest BCUT2D eigenvalue weighted by Gasteiger charge is 2.38. The number of hydrogen-bond donors (Lipinski definition) is 1. The zero-order chi connectivity index (χ0) is 22.5. The lowest BCUT2D eigenvalue weighted by molar-refractivity contribution is -0.120. The van der Waals surface area contributed by atoms with Crippen molar-refractivity contribution < 1.29 is 18.0 Å².